The molecule has 1 fully saturated rings. The minimum atomic E-state index is 0.595. The van der Waals surface area contributed by atoms with E-state index < -0.39 is 0 Å². The lowest BCUT2D eigenvalue weighted by molar-refractivity contribution is 0.389. The van der Waals surface area contributed by atoms with E-state index in [4.69, 9.17) is 11.6 Å². The lowest BCUT2D eigenvalue weighted by Crippen LogP contribution is -2.34. The Labute approximate surface area is 69.0 Å². The maximum absolute atomic E-state index is 5.78. The van der Waals surface area contributed by atoms with Crippen LogP contribution in [-0.2, 0) is 0 Å². The molecule has 0 aromatic carbocycles. The van der Waals surface area contributed by atoms with Crippen LogP contribution in [0.5, 0.6) is 0 Å². The molecule has 3 heteroatoms. The molecule has 2 heterocycles. The summed E-state index contributed by atoms with van der Waals surface area (Å²) >= 11 is 7.45. The molecule has 1 aliphatic rings. The van der Waals surface area contributed by atoms with Gasteiger partial charge >= 0.3 is 0 Å². The lowest BCUT2D eigenvalue weighted by atomic mass is 10.1. The van der Waals surface area contributed by atoms with Crippen molar-refractivity contribution in [2.45, 2.75) is 12.5 Å². The van der Waals surface area contributed by atoms with E-state index in [1.807, 2.05) is 6.07 Å². The van der Waals surface area contributed by atoms with Gasteiger partial charge < -0.3 is 5.32 Å². The molecule has 0 saturated carbocycles. The first kappa shape index (κ1) is 6.65. The van der Waals surface area contributed by atoms with E-state index in [2.05, 4.69) is 11.4 Å². The Bertz CT molecular complexity index is 229. The zero-order valence-electron chi connectivity index (χ0n) is 5.43. The Morgan fingerprint density at radius 3 is 2.80 bits per heavy atom. The molecule has 1 nitrogen and oxygen atoms in total. The Kier molecular flexibility index (Phi) is 1.68. The highest BCUT2D eigenvalue weighted by molar-refractivity contribution is 7.16. The molecule has 1 N–H and O–H groups in total. The van der Waals surface area contributed by atoms with Crippen LogP contribution in [0.4, 0.5) is 0 Å². The van der Waals surface area contributed by atoms with Crippen LogP contribution in [0.3, 0.4) is 0 Å². The summed E-state index contributed by atoms with van der Waals surface area (Å²) in [6.45, 7) is 1.15. The fourth-order valence-corrected chi connectivity index (χ4v) is 2.22. The molecule has 0 aliphatic carbocycles. The molecule has 1 unspecified atom stereocenters. The molecule has 2 rings (SSSR count). The zero-order valence-corrected chi connectivity index (χ0v) is 7.00. The first-order valence-electron chi connectivity index (χ1n) is 3.35. The van der Waals surface area contributed by atoms with Gasteiger partial charge in [0, 0.05) is 10.9 Å². The third kappa shape index (κ3) is 1.07. The van der Waals surface area contributed by atoms with E-state index in [1.165, 1.54) is 11.3 Å². The Hall–Kier alpha value is -0.0500. The number of nitrogens with one attached hydrogen (secondary N) is 1. The van der Waals surface area contributed by atoms with E-state index in [9.17, 15) is 0 Å². The van der Waals surface area contributed by atoms with Crippen LogP contribution in [0.15, 0.2) is 12.1 Å². The molecule has 54 valence electrons. The van der Waals surface area contributed by atoms with Crippen molar-refractivity contribution in [2.24, 2.45) is 0 Å². The summed E-state index contributed by atoms with van der Waals surface area (Å²) in [6.07, 6.45) is 1.26. The number of hydrogen-bond acceptors (Lipinski definition) is 2. The average Bonchev–Trinajstić information content (AvgIpc) is 2.10. The third-order valence-electron chi connectivity index (χ3n) is 1.76. The summed E-state index contributed by atoms with van der Waals surface area (Å²) in [7, 11) is 0. The molecule has 1 atom stereocenters. The lowest BCUT2D eigenvalue weighted by Gasteiger charge is -2.26. The highest BCUT2D eigenvalue weighted by atomic mass is 35.5. The topological polar surface area (TPSA) is 12.0 Å². The summed E-state index contributed by atoms with van der Waals surface area (Å²) in [6, 6.07) is 4.66. The molecule has 0 radical (unpaired) electrons. The predicted molar refractivity (Wildman–Crippen MR) is 44.7 cm³/mol. The van der Waals surface area contributed by atoms with Gasteiger partial charge in [-0.15, -0.1) is 11.3 Å². The molecule has 1 aliphatic heterocycles. The summed E-state index contributed by atoms with van der Waals surface area (Å²) in [5, 5.41) is 3.33. The fraction of sp³-hybridized carbons (Fsp3) is 0.429. The number of halogens is 1. The van der Waals surface area contributed by atoms with Crippen LogP contribution in [-0.4, -0.2) is 6.54 Å². The van der Waals surface area contributed by atoms with E-state index in [1.54, 1.807) is 11.3 Å². The van der Waals surface area contributed by atoms with Crippen molar-refractivity contribution in [3.05, 3.63) is 21.3 Å². The van der Waals surface area contributed by atoms with Gasteiger partial charge in [0.15, 0.2) is 0 Å². The van der Waals surface area contributed by atoms with E-state index in [0.29, 0.717) is 6.04 Å². The second kappa shape index (κ2) is 2.53. The van der Waals surface area contributed by atoms with E-state index in [0.717, 1.165) is 10.9 Å². The van der Waals surface area contributed by atoms with Crippen molar-refractivity contribution >= 4 is 22.9 Å². The van der Waals surface area contributed by atoms with Crippen LogP contribution < -0.4 is 5.32 Å². The second-order valence-electron chi connectivity index (χ2n) is 2.44. The molecular weight excluding hydrogens is 166 g/mol. The SMILES string of the molecule is Clc1ccc(C2CCN2)s1. The Balaban J connectivity index is 2.17. The van der Waals surface area contributed by atoms with Crippen LogP contribution in [0, 0.1) is 0 Å². The highest BCUT2D eigenvalue weighted by Gasteiger charge is 2.19. The first-order valence-corrected chi connectivity index (χ1v) is 4.54. The summed E-state index contributed by atoms with van der Waals surface area (Å²) in [5.74, 6) is 0. The van der Waals surface area contributed by atoms with E-state index in [-0.39, 0.29) is 0 Å². The Morgan fingerprint density at radius 1 is 1.60 bits per heavy atom. The third-order valence-corrected chi connectivity index (χ3v) is 3.11. The average molecular weight is 174 g/mol. The molecule has 0 amide bonds. The summed E-state index contributed by atoms with van der Waals surface area (Å²) < 4.78 is 0.892. The molecule has 0 bridgehead atoms. The van der Waals surface area contributed by atoms with Gasteiger partial charge in [-0.25, -0.2) is 0 Å². The fourth-order valence-electron chi connectivity index (χ4n) is 1.05. The van der Waals surface area contributed by atoms with Crippen LogP contribution in [0.25, 0.3) is 0 Å². The Morgan fingerprint density at radius 2 is 2.40 bits per heavy atom. The van der Waals surface area contributed by atoms with Crippen molar-refractivity contribution in [2.75, 3.05) is 6.54 Å². The van der Waals surface area contributed by atoms with Gasteiger partial charge in [0.05, 0.1) is 4.34 Å². The highest BCUT2D eigenvalue weighted by Crippen LogP contribution is 2.31. The summed E-state index contributed by atoms with van der Waals surface area (Å²) in [4.78, 5) is 1.37. The van der Waals surface area contributed by atoms with Crippen molar-refractivity contribution in [1.82, 2.24) is 5.32 Å². The van der Waals surface area contributed by atoms with Crippen LogP contribution >= 0.6 is 22.9 Å². The van der Waals surface area contributed by atoms with Gasteiger partial charge in [0.2, 0.25) is 0 Å². The second-order valence-corrected chi connectivity index (χ2v) is 4.18. The van der Waals surface area contributed by atoms with Gasteiger partial charge in [-0.1, -0.05) is 11.6 Å². The standard InChI is InChI=1S/C7H8ClNS/c8-7-2-1-6(10-7)5-3-4-9-5/h1-2,5,9H,3-4H2. The number of thiophene rings is 1. The van der Waals surface area contributed by atoms with Crippen molar-refractivity contribution < 1.29 is 0 Å². The van der Waals surface area contributed by atoms with Crippen LogP contribution in [0.1, 0.15) is 17.3 Å². The predicted octanol–water partition coefficient (Wildman–Crippen LogP) is 2.44. The van der Waals surface area contributed by atoms with Gasteiger partial charge in [-0.2, -0.15) is 0 Å². The molecule has 1 saturated heterocycles. The van der Waals surface area contributed by atoms with Crippen molar-refractivity contribution in [3.8, 4) is 0 Å². The zero-order chi connectivity index (χ0) is 6.97. The molecule has 10 heavy (non-hydrogen) atoms. The van der Waals surface area contributed by atoms with E-state index >= 15 is 0 Å². The molecular formula is C7H8ClNS. The monoisotopic (exact) mass is 173 g/mol. The smallest absolute Gasteiger partial charge is 0.0931 e. The van der Waals surface area contributed by atoms with Gasteiger partial charge in [0.1, 0.15) is 0 Å². The van der Waals surface area contributed by atoms with Crippen molar-refractivity contribution in [1.29, 1.82) is 0 Å². The maximum Gasteiger partial charge on any atom is 0.0931 e. The van der Waals surface area contributed by atoms with Gasteiger partial charge in [-0.05, 0) is 25.1 Å². The summed E-state index contributed by atoms with van der Waals surface area (Å²) in [5.41, 5.74) is 0. The molecule has 1 aromatic rings. The van der Waals surface area contributed by atoms with Crippen molar-refractivity contribution in [3.63, 3.8) is 0 Å². The molecule has 1 aromatic heterocycles. The number of hydrogen-bond donors (Lipinski definition) is 1. The maximum atomic E-state index is 5.78. The molecule has 0 spiro atoms. The van der Waals surface area contributed by atoms with Gasteiger partial charge in [0.25, 0.3) is 0 Å². The first-order chi connectivity index (χ1) is 4.86. The minimum absolute atomic E-state index is 0.595. The largest absolute Gasteiger partial charge is 0.309 e. The quantitative estimate of drug-likeness (QED) is 0.688. The number of rotatable bonds is 1. The normalized spacial score (nSPS) is 24.3. The minimum Gasteiger partial charge on any atom is -0.309 e. The van der Waals surface area contributed by atoms with Gasteiger partial charge in [-0.3, -0.25) is 0 Å². The van der Waals surface area contributed by atoms with Crippen LogP contribution in [0.2, 0.25) is 4.34 Å².